The van der Waals surface area contributed by atoms with Gasteiger partial charge >= 0.3 is 0 Å². The van der Waals surface area contributed by atoms with Crippen LogP contribution in [0.1, 0.15) is 29.3 Å². The van der Waals surface area contributed by atoms with Crippen molar-refractivity contribution in [1.29, 1.82) is 0 Å². The smallest absolute Gasteiger partial charge is 0.251 e. The van der Waals surface area contributed by atoms with Gasteiger partial charge in [-0.3, -0.25) is 4.79 Å². The molecule has 0 aliphatic heterocycles. The highest BCUT2D eigenvalue weighted by atomic mass is 16.1. The van der Waals surface area contributed by atoms with Crippen molar-refractivity contribution in [1.82, 2.24) is 5.32 Å². The van der Waals surface area contributed by atoms with Gasteiger partial charge in [0, 0.05) is 12.1 Å². The molecule has 1 aromatic carbocycles. The topological polar surface area (TPSA) is 29.1 Å². The van der Waals surface area contributed by atoms with E-state index in [-0.39, 0.29) is 5.91 Å². The van der Waals surface area contributed by atoms with Crippen LogP contribution in [0.2, 0.25) is 0 Å². The normalized spacial score (nSPS) is 9.67. The molecule has 0 aliphatic carbocycles. The maximum atomic E-state index is 11.5. The molecule has 0 radical (unpaired) electrons. The lowest BCUT2D eigenvalue weighted by Crippen LogP contribution is -2.23. The van der Waals surface area contributed by atoms with Crippen molar-refractivity contribution in [2.24, 2.45) is 0 Å². The van der Waals surface area contributed by atoms with Crippen LogP contribution in [0.3, 0.4) is 0 Å². The van der Waals surface area contributed by atoms with Gasteiger partial charge in [0.05, 0.1) is 0 Å². The van der Waals surface area contributed by atoms with E-state index in [0.29, 0.717) is 12.1 Å². The summed E-state index contributed by atoms with van der Waals surface area (Å²) < 4.78 is 0. The number of amides is 1. The van der Waals surface area contributed by atoms with Gasteiger partial charge in [0.15, 0.2) is 0 Å². The fourth-order valence-corrected chi connectivity index (χ4v) is 1.38. The van der Waals surface area contributed by atoms with Crippen LogP contribution in [0.4, 0.5) is 0 Å². The lowest BCUT2D eigenvalue weighted by molar-refractivity contribution is 0.0958. The molecule has 0 unspecified atom stereocenters. The van der Waals surface area contributed by atoms with E-state index in [9.17, 15) is 4.79 Å². The lowest BCUT2D eigenvalue weighted by atomic mass is 10.1. The minimum absolute atomic E-state index is 0.0436. The molecule has 0 fully saturated rings. The number of hydrogen-bond donors (Lipinski definition) is 1. The average molecular weight is 203 g/mol. The van der Waals surface area contributed by atoms with Crippen LogP contribution in [0.5, 0.6) is 0 Å². The third-order valence-corrected chi connectivity index (χ3v) is 2.16. The van der Waals surface area contributed by atoms with E-state index in [1.807, 2.05) is 24.3 Å². The summed E-state index contributed by atoms with van der Waals surface area (Å²) in [5, 5.41) is 2.74. The number of carbonyl (C=O) groups excluding carboxylic acids is 1. The summed E-state index contributed by atoms with van der Waals surface area (Å²) >= 11 is 0. The van der Waals surface area contributed by atoms with E-state index in [1.54, 1.807) is 6.08 Å². The Morgan fingerprint density at radius 2 is 2.07 bits per heavy atom. The minimum Gasteiger partial charge on any atom is -0.349 e. The second kappa shape index (κ2) is 6.02. The summed E-state index contributed by atoms with van der Waals surface area (Å²) in [4.78, 5) is 11.5. The lowest BCUT2D eigenvalue weighted by Gasteiger charge is -2.03. The Morgan fingerprint density at radius 3 is 2.60 bits per heavy atom. The second-order valence-corrected chi connectivity index (χ2v) is 3.45. The van der Waals surface area contributed by atoms with Crippen LogP contribution in [-0.2, 0) is 6.42 Å². The molecule has 0 saturated carbocycles. The van der Waals surface area contributed by atoms with E-state index < -0.39 is 0 Å². The molecule has 0 spiro atoms. The number of aryl methyl sites for hydroxylation is 1. The molecule has 2 heteroatoms. The SMILES string of the molecule is C=CCNC(=O)c1ccc(CCC)cc1. The highest BCUT2D eigenvalue weighted by Gasteiger charge is 2.02. The molecule has 1 aromatic rings. The average Bonchev–Trinajstić information content (AvgIpc) is 2.27. The van der Waals surface area contributed by atoms with Crippen molar-refractivity contribution in [3.8, 4) is 0 Å². The van der Waals surface area contributed by atoms with Gasteiger partial charge in [0.2, 0.25) is 0 Å². The maximum Gasteiger partial charge on any atom is 0.251 e. The summed E-state index contributed by atoms with van der Waals surface area (Å²) in [5.74, 6) is -0.0436. The van der Waals surface area contributed by atoms with Crippen molar-refractivity contribution < 1.29 is 4.79 Å². The molecule has 0 bridgehead atoms. The van der Waals surface area contributed by atoms with E-state index in [2.05, 4.69) is 18.8 Å². The van der Waals surface area contributed by atoms with Crippen LogP contribution in [0.15, 0.2) is 36.9 Å². The standard InChI is InChI=1S/C13H17NO/c1-3-5-11-6-8-12(9-7-11)13(15)14-10-4-2/h4,6-9H,2-3,5,10H2,1H3,(H,14,15). The number of carbonyl (C=O) groups is 1. The summed E-state index contributed by atoms with van der Waals surface area (Å²) in [6.45, 7) is 6.20. The fourth-order valence-electron chi connectivity index (χ4n) is 1.38. The van der Waals surface area contributed by atoms with Crippen molar-refractivity contribution >= 4 is 5.91 Å². The zero-order valence-electron chi connectivity index (χ0n) is 9.12. The van der Waals surface area contributed by atoms with Gasteiger partial charge < -0.3 is 5.32 Å². The Kier molecular flexibility index (Phi) is 4.61. The minimum atomic E-state index is -0.0436. The maximum absolute atomic E-state index is 11.5. The Labute approximate surface area is 91.0 Å². The van der Waals surface area contributed by atoms with Gasteiger partial charge in [-0.05, 0) is 24.1 Å². The Balaban J connectivity index is 2.62. The van der Waals surface area contributed by atoms with Gasteiger partial charge in [-0.25, -0.2) is 0 Å². The first kappa shape index (κ1) is 11.5. The predicted molar refractivity (Wildman–Crippen MR) is 63.0 cm³/mol. The van der Waals surface area contributed by atoms with Crippen LogP contribution in [0.25, 0.3) is 0 Å². The second-order valence-electron chi connectivity index (χ2n) is 3.45. The quantitative estimate of drug-likeness (QED) is 0.732. The summed E-state index contributed by atoms with van der Waals surface area (Å²) in [6, 6.07) is 7.74. The molecule has 0 aromatic heterocycles. The highest BCUT2D eigenvalue weighted by molar-refractivity contribution is 5.94. The first-order valence-corrected chi connectivity index (χ1v) is 5.26. The third kappa shape index (κ3) is 3.58. The molecular weight excluding hydrogens is 186 g/mol. The molecule has 0 atom stereocenters. The van der Waals surface area contributed by atoms with Gasteiger partial charge in [-0.2, -0.15) is 0 Å². The number of hydrogen-bond acceptors (Lipinski definition) is 1. The summed E-state index contributed by atoms with van der Waals surface area (Å²) in [6.07, 6.45) is 3.86. The molecule has 80 valence electrons. The third-order valence-electron chi connectivity index (χ3n) is 2.16. The van der Waals surface area contributed by atoms with E-state index >= 15 is 0 Å². The fraction of sp³-hybridized carbons (Fsp3) is 0.308. The molecule has 1 N–H and O–H groups in total. The zero-order chi connectivity index (χ0) is 11.1. The Morgan fingerprint density at radius 1 is 1.40 bits per heavy atom. The van der Waals surface area contributed by atoms with Gasteiger partial charge in [0.1, 0.15) is 0 Å². The first-order chi connectivity index (χ1) is 7.27. The van der Waals surface area contributed by atoms with Crippen LogP contribution < -0.4 is 5.32 Å². The Bertz CT molecular complexity index is 327. The molecule has 1 rings (SSSR count). The number of rotatable bonds is 5. The zero-order valence-corrected chi connectivity index (χ0v) is 9.12. The van der Waals surface area contributed by atoms with Gasteiger partial charge in [0.25, 0.3) is 5.91 Å². The number of nitrogens with one attached hydrogen (secondary N) is 1. The molecule has 2 nitrogen and oxygen atoms in total. The number of benzene rings is 1. The van der Waals surface area contributed by atoms with Crippen molar-refractivity contribution in [2.75, 3.05) is 6.54 Å². The van der Waals surface area contributed by atoms with Crippen LogP contribution >= 0.6 is 0 Å². The molecule has 1 amide bonds. The van der Waals surface area contributed by atoms with E-state index in [0.717, 1.165) is 12.8 Å². The summed E-state index contributed by atoms with van der Waals surface area (Å²) in [5.41, 5.74) is 1.98. The van der Waals surface area contributed by atoms with Crippen LogP contribution in [-0.4, -0.2) is 12.5 Å². The Hall–Kier alpha value is -1.57. The van der Waals surface area contributed by atoms with Gasteiger partial charge in [-0.1, -0.05) is 31.6 Å². The molecular formula is C13H17NO. The van der Waals surface area contributed by atoms with E-state index in [1.165, 1.54) is 5.56 Å². The summed E-state index contributed by atoms with van der Waals surface area (Å²) in [7, 11) is 0. The van der Waals surface area contributed by atoms with Crippen molar-refractivity contribution in [3.63, 3.8) is 0 Å². The van der Waals surface area contributed by atoms with Crippen molar-refractivity contribution in [3.05, 3.63) is 48.0 Å². The predicted octanol–water partition coefficient (Wildman–Crippen LogP) is 2.55. The molecule has 15 heavy (non-hydrogen) atoms. The highest BCUT2D eigenvalue weighted by Crippen LogP contribution is 2.06. The largest absolute Gasteiger partial charge is 0.349 e. The van der Waals surface area contributed by atoms with Crippen LogP contribution in [0, 0.1) is 0 Å². The molecule has 0 heterocycles. The first-order valence-electron chi connectivity index (χ1n) is 5.26. The molecule has 0 saturated heterocycles. The van der Waals surface area contributed by atoms with E-state index in [4.69, 9.17) is 0 Å². The molecule has 0 aliphatic rings. The van der Waals surface area contributed by atoms with Crippen molar-refractivity contribution in [2.45, 2.75) is 19.8 Å². The van der Waals surface area contributed by atoms with Gasteiger partial charge in [-0.15, -0.1) is 6.58 Å². The monoisotopic (exact) mass is 203 g/mol.